The number of pyridine rings is 1. The molecule has 3 N–H and O–H groups in total. The fraction of sp³-hybridized carbons (Fsp3) is 0.577. The van der Waals surface area contributed by atoms with Crippen LogP contribution >= 0.6 is 11.0 Å². The smallest absolute Gasteiger partial charge is 0.253 e. The van der Waals surface area contributed by atoms with Gasteiger partial charge in [-0.1, -0.05) is 12.1 Å². The minimum atomic E-state index is -3.44. The summed E-state index contributed by atoms with van der Waals surface area (Å²) in [5.74, 6) is -3.26. The third kappa shape index (κ3) is 5.17. The molecule has 3 aliphatic rings. The van der Waals surface area contributed by atoms with E-state index in [9.17, 15) is 23.0 Å². The molecule has 2 aliphatic heterocycles. The van der Waals surface area contributed by atoms with E-state index in [-0.39, 0.29) is 13.0 Å². The van der Waals surface area contributed by atoms with Gasteiger partial charge in [-0.25, -0.2) is 22.4 Å². The first-order valence-corrected chi connectivity index (χ1v) is 14.1. The fourth-order valence-corrected chi connectivity index (χ4v) is 6.90. The van der Waals surface area contributed by atoms with Crippen molar-refractivity contribution >= 4 is 22.5 Å². The second-order valence-electron chi connectivity index (χ2n) is 11.1. The first-order chi connectivity index (χ1) is 17.3. The van der Waals surface area contributed by atoms with Crippen LogP contribution in [0.15, 0.2) is 30.3 Å². The Labute approximate surface area is 219 Å². The molecule has 0 spiro atoms. The van der Waals surface area contributed by atoms with Gasteiger partial charge in [-0.3, -0.25) is 14.0 Å². The number of fused-ring (bicyclic) bond motifs is 1. The van der Waals surface area contributed by atoms with Gasteiger partial charge in [0.15, 0.2) is 5.82 Å². The van der Waals surface area contributed by atoms with E-state index in [4.69, 9.17) is 4.98 Å². The maximum absolute atomic E-state index is 13.6. The summed E-state index contributed by atoms with van der Waals surface area (Å²) in [6.45, 7) is 4.96. The molecule has 8 nitrogen and oxygen atoms in total. The number of hydrogen-bond donors (Lipinski definition) is 3. The van der Waals surface area contributed by atoms with Gasteiger partial charge < -0.3 is 10.0 Å². The number of likely N-dealkylation sites (tertiary alicyclic amines) is 1. The summed E-state index contributed by atoms with van der Waals surface area (Å²) < 4.78 is 51.3. The first-order valence-electron chi connectivity index (χ1n) is 12.7. The third-order valence-corrected chi connectivity index (χ3v) is 9.65. The van der Waals surface area contributed by atoms with E-state index in [1.165, 1.54) is 15.7 Å². The van der Waals surface area contributed by atoms with Crippen LogP contribution in [-0.4, -0.2) is 87.8 Å². The normalized spacial score (nSPS) is 24.9. The summed E-state index contributed by atoms with van der Waals surface area (Å²) in [7, 11) is 2.05. The summed E-state index contributed by atoms with van der Waals surface area (Å²) in [5, 5.41) is 10.8. The van der Waals surface area contributed by atoms with Crippen LogP contribution in [0.25, 0.3) is 11.3 Å². The molecule has 1 aromatic heterocycles. The second kappa shape index (κ2) is 9.32. The van der Waals surface area contributed by atoms with Crippen molar-refractivity contribution in [3.05, 3.63) is 41.5 Å². The minimum absolute atomic E-state index is 0.123. The summed E-state index contributed by atoms with van der Waals surface area (Å²) in [5.41, 5.74) is 3.63. The van der Waals surface area contributed by atoms with Crippen molar-refractivity contribution in [3.8, 4) is 11.3 Å². The van der Waals surface area contributed by atoms with Gasteiger partial charge >= 0.3 is 0 Å². The van der Waals surface area contributed by atoms with Crippen molar-refractivity contribution in [2.45, 2.75) is 44.3 Å². The van der Waals surface area contributed by atoms with Crippen LogP contribution in [-0.2, 0) is 6.54 Å². The lowest BCUT2D eigenvalue weighted by Gasteiger charge is -2.41. The lowest BCUT2D eigenvalue weighted by Crippen LogP contribution is -2.49. The number of aromatic nitrogens is 1. The van der Waals surface area contributed by atoms with Crippen LogP contribution in [0.1, 0.15) is 30.4 Å². The van der Waals surface area contributed by atoms with E-state index in [1.807, 2.05) is 32.0 Å². The molecule has 1 unspecified atom stereocenters. The molecule has 2 fully saturated rings. The molecular weight excluding hydrogens is 500 g/mol. The molecule has 0 radical (unpaired) electrons. The number of anilines is 2. The number of piperidine rings is 1. The van der Waals surface area contributed by atoms with Crippen molar-refractivity contribution in [2.24, 2.45) is 5.92 Å². The number of aliphatic hydroxyl groups is 1. The molecule has 2 aromatic rings. The zero-order valence-electron chi connectivity index (χ0n) is 21.9. The molecule has 1 aromatic carbocycles. The van der Waals surface area contributed by atoms with E-state index < -0.39 is 28.4 Å². The molecule has 5 rings (SSSR count). The number of benzene rings is 1. The van der Waals surface area contributed by atoms with Gasteiger partial charge in [0, 0.05) is 57.7 Å². The zero-order valence-corrected chi connectivity index (χ0v) is 22.7. The number of alkyl halides is 2. The van der Waals surface area contributed by atoms with E-state index in [2.05, 4.69) is 23.1 Å². The van der Waals surface area contributed by atoms with Crippen LogP contribution in [0, 0.1) is 12.8 Å². The van der Waals surface area contributed by atoms with Crippen LogP contribution in [0.3, 0.4) is 0 Å². The van der Waals surface area contributed by atoms with Gasteiger partial charge in [0.05, 0.1) is 11.3 Å². The summed E-state index contributed by atoms with van der Waals surface area (Å²) in [6.07, 6.45) is 1.23. The molecule has 1 saturated carbocycles. The number of nitrogens with zero attached hydrogens (tertiary/aromatic N) is 5. The van der Waals surface area contributed by atoms with Crippen LogP contribution in [0.2, 0.25) is 0 Å². The number of halogens is 2. The Morgan fingerprint density at radius 3 is 2.43 bits per heavy atom. The highest BCUT2D eigenvalue weighted by Crippen LogP contribution is 2.62. The largest absolute Gasteiger partial charge is 0.388 e. The number of likely N-dealkylation sites (N-methyl/N-ethyl adjacent to an activating group) is 1. The molecule has 37 heavy (non-hydrogen) atoms. The average Bonchev–Trinajstić information content (AvgIpc) is 3.38. The topological polar surface area (TPSA) is 86.5 Å². The van der Waals surface area contributed by atoms with Gasteiger partial charge in [-0.05, 0) is 74.1 Å². The van der Waals surface area contributed by atoms with Crippen molar-refractivity contribution in [2.75, 3.05) is 55.9 Å². The Morgan fingerprint density at radius 1 is 1.14 bits per heavy atom. The third-order valence-electron chi connectivity index (χ3n) is 7.81. The monoisotopic (exact) mass is 537 g/mol. The average molecular weight is 538 g/mol. The van der Waals surface area contributed by atoms with Crippen LogP contribution < -0.4 is 8.61 Å². The van der Waals surface area contributed by atoms with Crippen LogP contribution in [0.5, 0.6) is 0 Å². The van der Waals surface area contributed by atoms with Gasteiger partial charge in [0.25, 0.3) is 5.92 Å². The van der Waals surface area contributed by atoms with Gasteiger partial charge in [0.2, 0.25) is 0 Å². The zero-order chi connectivity index (χ0) is 26.8. The lowest BCUT2D eigenvalue weighted by atomic mass is 9.90. The van der Waals surface area contributed by atoms with Gasteiger partial charge in [-0.2, -0.15) is 0 Å². The second-order valence-corrected chi connectivity index (χ2v) is 13.1. The highest BCUT2D eigenvalue weighted by atomic mass is 32.3. The van der Waals surface area contributed by atoms with Crippen molar-refractivity contribution in [1.82, 2.24) is 14.8 Å². The van der Waals surface area contributed by atoms with Gasteiger partial charge in [-0.15, -0.1) is 0 Å². The maximum atomic E-state index is 13.6. The van der Waals surface area contributed by atoms with Crippen molar-refractivity contribution in [3.63, 3.8) is 0 Å². The summed E-state index contributed by atoms with van der Waals surface area (Å²) in [4.78, 5) is 9.14. The van der Waals surface area contributed by atoms with E-state index in [0.717, 1.165) is 49.2 Å². The Bertz CT molecular complexity index is 1170. The molecule has 0 amide bonds. The van der Waals surface area contributed by atoms with E-state index in [0.29, 0.717) is 23.7 Å². The number of rotatable bonds is 7. The molecule has 1 atom stereocenters. The standard InChI is InChI=1S/C26H37F2N5O3S/c1-18-5-6-19(15-32-11-9-25(34,10-12-32)17-30(2)3)13-21(18)22-7-8-23-24(29-22)31(4)37(35,36)33(23)16-20-14-26(20,27)28/h5-8,13,20,34-36H,9-12,14-17H2,1-4H3. The van der Waals surface area contributed by atoms with E-state index >= 15 is 0 Å². The highest BCUT2D eigenvalue weighted by Gasteiger charge is 2.59. The maximum Gasteiger partial charge on any atom is 0.253 e. The minimum Gasteiger partial charge on any atom is -0.388 e. The number of aryl methyl sites for hydroxylation is 1. The number of hydrogen-bond acceptors (Lipinski definition) is 8. The molecule has 1 saturated heterocycles. The predicted octanol–water partition coefficient (Wildman–Crippen LogP) is 4.44. The Morgan fingerprint density at radius 2 is 1.81 bits per heavy atom. The molecule has 3 heterocycles. The van der Waals surface area contributed by atoms with E-state index in [1.54, 1.807) is 6.07 Å². The molecular formula is C26H37F2N5O3S. The molecule has 1 aliphatic carbocycles. The Hall–Kier alpha value is -2.02. The molecule has 11 heteroatoms. The van der Waals surface area contributed by atoms with Crippen molar-refractivity contribution in [1.29, 1.82) is 0 Å². The SMILES string of the molecule is Cc1ccc(CN2CCC(O)(CN(C)C)CC2)cc1-c1ccc2c(n1)N(C)S(O)(O)N2CC1CC1(F)F. The van der Waals surface area contributed by atoms with Gasteiger partial charge in [0.1, 0.15) is 5.69 Å². The lowest BCUT2D eigenvalue weighted by molar-refractivity contribution is -0.0388. The molecule has 204 valence electrons. The quantitative estimate of drug-likeness (QED) is 0.478. The summed E-state index contributed by atoms with van der Waals surface area (Å²) in [6, 6.07) is 9.84. The summed E-state index contributed by atoms with van der Waals surface area (Å²) >= 11 is 0. The Kier molecular flexibility index (Phi) is 6.69. The van der Waals surface area contributed by atoms with Crippen LogP contribution in [0.4, 0.5) is 20.3 Å². The first kappa shape index (κ1) is 26.6. The highest BCUT2D eigenvalue weighted by molar-refractivity contribution is 8.26. The Balaban J connectivity index is 1.34. The van der Waals surface area contributed by atoms with Crippen molar-refractivity contribution < 1.29 is 23.0 Å². The fourth-order valence-electron chi connectivity index (χ4n) is 5.46. The predicted molar refractivity (Wildman–Crippen MR) is 144 cm³/mol. The molecule has 0 bridgehead atoms.